The van der Waals surface area contributed by atoms with Crippen molar-refractivity contribution in [3.05, 3.63) is 0 Å². The van der Waals surface area contributed by atoms with Gasteiger partial charge in [-0.2, -0.15) is 0 Å². The molecule has 0 saturated heterocycles. The Hall–Kier alpha value is -0.791. The van der Waals surface area contributed by atoms with Crippen molar-refractivity contribution >= 4 is 37.5 Å². The maximum absolute atomic E-state index is 13.1. The van der Waals surface area contributed by atoms with Gasteiger partial charge in [0.05, 0.1) is 0 Å². The summed E-state index contributed by atoms with van der Waals surface area (Å²) in [6.07, 6.45) is 27.9. The molecule has 0 aliphatic carbocycles. The Balaban J connectivity index is 5.24. The standard InChI is InChI=1S/3C10H20O2.C6H13.Sn/c3*1-2-3-4-5-6-7-8-9-10(11)12;1-3-5-6-4-2;/h3*2-9H2,1H3,(H,11,12);1,3-6H2,2H3;/q;;;;+3/p-3. The molecular formula is C36H70O6Sn. The monoisotopic (exact) mass is 718 g/mol. The average Bonchev–Trinajstić information content (AvgIpc) is 2.98. The zero-order chi connectivity index (χ0) is 31.9. The van der Waals surface area contributed by atoms with Crippen LogP contribution in [0.3, 0.4) is 0 Å². The Labute approximate surface area is 272 Å². The first kappa shape index (κ1) is 42.2. The minimum absolute atomic E-state index is 0.284. The van der Waals surface area contributed by atoms with Gasteiger partial charge in [-0.25, -0.2) is 0 Å². The molecule has 0 aliphatic heterocycles. The number of carbonyl (C=O) groups excluding carboxylic acids is 3. The Bertz CT molecular complexity index is 589. The Morgan fingerprint density at radius 1 is 0.349 bits per heavy atom. The molecule has 0 heterocycles. The third-order valence-electron chi connectivity index (χ3n) is 8.10. The molecular weight excluding hydrogens is 647 g/mol. The van der Waals surface area contributed by atoms with Gasteiger partial charge < -0.3 is 0 Å². The summed E-state index contributed by atoms with van der Waals surface area (Å²) >= 11 is -4.81. The second-order valence-corrected chi connectivity index (χ2v) is 19.6. The summed E-state index contributed by atoms with van der Waals surface area (Å²) in [4.78, 5) is 39.2. The van der Waals surface area contributed by atoms with E-state index in [-0.39, 0.29) is 37.2 Å². The van der Waals surface area contributed by atoms with Crippen LogP contribution in [0.1, 0.15) is 207 Å². The molecule has 0 rings (SSSR count). The van der Waals surface area contributed by atoms with Crippen LogP contribution in [0.5, 0.6) is 0 Å². The average molecular weight is 718 g/mol. The van der Waals surface area contributed by atoms with Crippen LogP contribution in [-0.2, 0) is 23.6 Å². The molecule has 0 spiro atoms. The third-order valence-corrected chi connectivity index (χ3v) is 15.5. The summed E-state index contributed by atoms with van der Waals surface area (Å²) in [7, 11) is 0. The van der Waals surface area contributed by atoms with Gasteiger partial charge in [0.15, 0.2) is 0 Å². The Kier molecular flexibility index (Phi) is 30.6. The summed E-state index contributed by atoms with van der Waals surface area (Å²) < 4.78 is 18.5. The molecule has 0 aromatic carbocycles. The van der Waals surface area contributed by atoms with E-state index in [2.05, 4.69) is 27.7 Å². The number of rotatable bonds is 32. The molecule has 6 nitrogen and oxygen atoms in total. The number of carbonyl (C=O) groups is 3. The van der Waals surface area contributed by atoms with Crippen molar-refractivity contribution in [1.29, 1.82) is 0 Å². The summed E-state index contributed by atoms with van der Waals surface area (Å²) in [5.41, 5.74) is 0. The van der Waals surface area contributed by atoms with Crippen LogP contribution >= 0.6 is 0 Å². The molecule has 7 heteroatoms. The van der Waals surface area contributed by atoms with E-state index in [0.29, 0.717) is 4.44 Å². The number of hydrogen-bond acceptors (Lipinski definition) is 6. The number of unbranched alkanes of at least 4 members (excludes halogenated alkanes) is 21. The SMILES string of the molecule is CCCCCCCCCC(=O)[O][Sn]([CH2]CCCCC)([O]C(=O)CCCCCCCCC)[O]C(=O)CCCCCCCCC. The molecule has 0 aliphatic rings. The fourth-order valence-corrected chi connectivity index (χ4v) is 12.4. The van der Waals surface area contributed by atoms with Crippen molar-refractivity contribution < 1.29 is 23.6 Å². The summed E-state index contributed by atoms with van der Waals surface area (Å²) in [6.45, 7) is 8.77. The van der Waals surface area contributed by atoms with Crippen LogP contribution in [0.15, 0.2) is 0 Å². The van der Waals surface area contributed by atoms with Crippen LogP contribution in [0.2, 0.25) is 4.44 Å². The fraction of sp³-hybridized carbons (Fsp3) is 0.917. The van der Waals surface area contributed by atoms with E-state index in [1.807, 2.05) is 0 Å². The van der Waals surface area contributed by atoms with E-state index in [1.165, 1.54) is 77.0 Å². The Morgan fingerprint density at radius 2 is 0.581 bits per heavy atom. The summed E-state index contributed by atoms with van der Waals surface area (Å²) in [5, 5.41) is 0. The predicted molar refractivity (Wildman–Crippen MR) is 181 cm³/mol. The Morgan fingerprint density at radius 3 is 0.860 bits per heavy atom. The molecule has 0 saturated carbocycles. The third kappa shape index (κ3) is 27.3. The first-order chi connectivity index (χ1) is 20.9. The topological polar surface area (TPSA) is 78.9 Å². The normalized spacial score (nSPS) is 11.4. The van der Waals surface area contributed by atoms with Crippen LogP contribution in [0, 0.1) is 0 Å². The van der Waals surface area contributed by atoms with Gasteiger partial charge in [0.2, 0.25) is 0 Å². The zero-order valence-electron chi connectivity index (χ0n) is 29.0. The van der Waals surface area contributed by atoms with Gasteiger partial charge in [0.1, 0.15) is 0 Å². The van der Waals surface area contributed by atoms with Crippen molar-refractivity contribution in [3.8, 4) is 0 Å². The maximum atomic E-state index is 13.1. The van der Waals surface area contributed by atoms with Crippen LogP contribution < -0.4 is 0 Å². The summed E-state index contributed by atoms with van der Waals surface area (Å²) in [6, 6.07) is 0. The van der Waals surface area contributed by atoms with Crippen molar-refractivity contribution in [2.75, 3.05) is 0 Å². The van der Waals surface area contributed by atoms with Gasteiger partial charge in [-0.05, 0) is 0 Å². The number of hydrogen-bond donors (Lipinski definition) is 0. The van der Waals surface area contributed by atoms with Crippen molar-refractivity contribution in [2.45, 2.75) is 212 Å². The van der Waals surface area contributed by atoms with Crippen LogP contribution in [0.25, 0.3) is 0 Å². The minimum atomic E-state index is -4.81. The van der Waals surface area contributed by atoms with Gasteiger partial charge in [0, 0.05) is 0 Å². The van der Waals surface area contributed by atoms with Crippen molar-refractivity contribution in [2.24, 2.45) is 0 Å². The molecule has 0 aromatic heterocycles. The van der Waals surface area contributed by atoms with E-state index >= 15 is 0 Å². The van der Waals surface area contributed by atoms with E-state index in [0.717, 1.165) is 83.5 Å². The van der Waals surface area contributed by atoms with Gasteiger partial charge in [0.25, 0.3) is 0 Å². The van der Waals surface area contributed by atoms with Gasteiger partial charge in [-0.1, -0.05) is 0 Å². The second kappa shape index (κ2) is 31.2. The van der Waals surface area contributed by atoms with Gasteiger partial charge in [-0.3, -0.25) is 0 Å². The first-order valence-electron chi connectivity index (χ1n) is 18.6. The molecule has 0 unspecified atom stereocenters. The van der Waals surface area contributed by atoms with Crippen molar-refractivity contribution in [1.82, 2.24) is 0 Å². The molecule has 0 radical (unpaired) electrons. The zero-order valence-corrected chi connectivity index (χ0v) is 31.8. The quantitative estimate of drug-likeness (QED) is 0.0509. The van der Waals surface area contributed by atoms with E-state index < -0.39 is 19.6 Å². The second-order valence-electron chi connectivity index (χ2n) is 12.5. The predicted octanol–water partition coefficient (Wildman–Crippen LogP) is 11.6. The molecule has 0 aromatic rings. The molecule has 0 N–H and O–H groups in total. The van der Waals surface area contributed by atoms with Crippen molar-refractivity contribution in [3.63, 3.8) is 0 Å². The van der Waals surface area contributed by atoms with E-state index in [4.69, 9.17) is 9.22 Å². The molecule has 0 amide bonds. The molecule has 0 bridgehead atoms. The van der Waals surface area contributed by atoms with E-state index in [1.54, 1.807) is 0 Å². The van der Waals surface area contributed by atoms with Gasteiger partial charge >= 0.3 is 273 Å². The molecule has 0 atom stereocenters. The molecule has 254 valence electrons. The van der Waals surface area contributed by atoms with Crippen LogP contribution in [-0.4, -0.2) is 37.5 Å². The first-order valence-corrected chi connectivity index (χ1v) is 24.1. The fourth-order valence-electron chi connectivity index (χ4n) is 5.34. The van der Waals surface area contributed by atoms with E-state index in [9.17, 15) is 14.4 Å². The molecule has 0 fully saturated rings. The summed E-state index contributed by atoms with van der Waals surface area (Å²) in [5.74, 6) is -1.10. The van der Waals surface area contributed by atoms with Crippen LogP contribution in [0.4, 0.5) is 0 Å². The molecule has 43 heavy (non-hydrogen) atoms. The van der Waals surface area contributed by atoms with Gasteiger partial charge in [-0.15, -0.1) is 0 Å².